The van der Waals surface area contributed by atoms with E-state index in [1.807, 2.05) is 0 Å². The van der Waals surface area contributed by atoms with Crippen molar-refractivity contribution in [3.8, 4) is 17.2 Å². The van der Waals surface area contributed by atoms with Crippen molar-refractivity contribution in [1.82, 2.24) is 0 Å². The fourth-order valence-electron chi connectivity index (χ4n) is 2.33. The lowest BCUT2D eigenvalue weighted by Gasteiger charge is -2.10. The summed E-state index contributed by atoms with van der Waals surface area (Å²) in [5, 5.41) is 13.3. The number of non-ortho nitro benzene ring substituents is 1. The van der Waals surface area contributed by atoms with Gasteiger partial charge in [-0.25, -0.2) is 4.79 Å². The zero-order chi connectivity index (χ0) is 19.4. The first-order valence-electron chi connectivity index (χ1n) is 7.67. The zero-order valence-corrected chi connectivity index (χ0v) is 14.1. The third kappa shape index (κ3) is 4.06. The summed E-state index contributed by atoms with van der Waals surface area (Å²) in [6.45, 7) is -0.513. The van der Waals surface area contributed by atoms with Crippen LogP contribution in [0.15, 0.2) is 36.4 Å². The van der Waals surface area contributed by atoms with Gasteiger partial charge in [-0.2, -0.15) is 0 Å². The monoisotopic (exact) mass is 374 g/mol. The molecule has 27 heavy (non-hydrogen) atoms. The number of amides is 1. The number of carbonyl (C=O) groups is 2. The highest BCUT2D eigenvalue weighted by molar-refractivity contribution is 5.96. The maximum absolute atomic E-state index is 12.1. The number of carbonyl (C=O) groups excluding carboxylic acids is 2. The van der Waals surface area contributed by atoms with Crippen molar-refractivity contribution in [3.05, 3.63) is 52.1 Å². The lowest BCUT2D eigenvalue weighted by Crippen LogP contribution is -2.21. The SMILES string of the molecule is COc1ccc([N+](=O)[O-])cc1NC(=O)COC(=O)c1ccc2c(c1)OCO2. The van der Waals surface area contributed by atoms with Gasteiger partial charge < -0.3 is 24.3 Å². The van der Waals surface area contributed by atoms with Crippen LogP contribution in [0, 0.1) is 10.1 Å². The molecule has 1 heterocycles. The summed E-state index contributed by atoms with van der Waals surface area (Å²) in [6, 6.07) is 8.24. The molecule has 1 N–H and O–H groups in total. The van der Waals surface area contributed by atoms with Gasteiger partial charge in [0, 0.05) is 12.1 Å². The number of hydrogen-bond donors (Lipinski definition) is 1. The van der Waals surface area contributed by atoms with Gasteiger partial charge in [0.05, 0.1) is 23.3 Å². The van der Waals surface area contributed by atoms with Crippen LogP contribution in [0.25, 0.3) is 0 Å². The number of nitrogens with one attached hydrogen (secondary N) is 1. The molecule has 0 aromatic heterocycles. The van der Waals surface area contributed by atoms with E-state index in [1.54, 1.807) is 6.07 Å². The van der Waals surface area contributed by atoms with Crippen LogP contribution in [0.1, 0.15) is 10.4 Å². The van der Waals surface area contributed by atoms with E-state index in [-0.39, 0.29) is 29.5 Å². The van der Waals surface area contributed by atoms with Crippen LogP contribution < -0.4 is 19.5 Å². The van der Waals surface area contributed by atoms with E-state index < -0.39 is 23.4 Å². The Labute approximate surface area is 152 Å². The van der Waals surface area contributed by atoms with Crippen molar-refractivity contribution in [1.29, 1.82) is 0 Å². The second kappa shape index (κ2) is 7.60. The molecule has 1 aliphatic heterocycles. The number of fused-ring (bicyclic) bond motifs is 1. The molecule has 0 unspecified atom stereocenters. The molecule has 0 atom stereocenters. The molecule has 0 radical (unpaired) electrons. The molecule has 10 heteroatoms. The van der Waals surface area contributed by atoms with Crippen LogP contribution >= 0.6 is 0 Å². The highest BCUT2D eigenvalue weighted by Crippen LogP contribution is 2.32. The molecule has 0 saturated carbocycles. The van der Waals surface area contributed by atoms with Gasteiger partial charge in [0.1, 0.15) is 5.75 Å². The summed E-state index contributed by atoms with van der Waals surface area (Å²) in [6.07, 6.45) is 0. The van der Waals surface area contributed by atoms with Crippen LogP contribution in [0.2, 0.25) is 0 Å². The van der Waals surface area contributed by atoms with E-state index in [1.165, 1.54) is 31.4 Å². The number of ether oxygens (including phenoxy) is 4. The predicted molar refractivity (Wildman–Crippen MR) is 91.1 cm³/mol. The Hall–Kier alpha value is -3.82. The van der Waals surface area contributed by atoms with Gasteiger partial charge in [-0.1, -0.05) is 0 Å². The molecular formula is C17H14N2O8. The maximum atomic E-state index is 12.1. The van der Waals surface area contributed by atoms with E-state index in [2.05, 4.69) is 5.32 Å². The molecule has 1 amide bonds. The normalized spacial score (nSPS) is 11.6. The van der Waals surface area contributed by atoms with Crippen LogP contribution in [0.4, 0.5) is 11.4 Å². The average Bonchev–Trinajstić information content (AvgIpc) is 3.13. The van der Waals surface area contributed by atoms with Crippen molar-refractivity contribution >= 4 is 23.3 Å². The summed E-state index contributed by atoms with van der Waals surface area (Å²) in [5.41, 5.74) is 0.0688. The molecule has 0 saturated heterocycles. The molecule has 140 valence electrons. The Bertz CT molecular complexity index is 912. The lowest BCUT2D eigenvalue weighted by atomic mass is 10.2. The third-order valence-electron chi connectivity index (χ3n) is 3.61. The van der Waals surface area contributed by atoms with Gasteiger partial charge in [0.25, 0.3) is 11.6 Å². The number of anilines is 1. The highest BCUT2D eigenvalue weighted by atomic mass is 16.7. The summed E-state index contributed by atoms with van der Waals surface area (Å²) < 4.78 is 20.3. The van der Waals surface area contributed by atoms with Crippen LogP contribution in [0.3, 0.4) is 0 Å². The Morgan fingerprint density at radius 2 is 1.96 bits per heavy atom. The van der Waals surface area contributed by atoms with Gasteiger partial charge in [0.2, 0.25) is 6.79 Å². The molecule has 10 nitrogen and oxygen atoms in total. The molecule has 3 rings (SSSR count). The van der Waals surface area contributed by atoms with Gasteiger partial charge in [-0.05, 0) is 24.3 Å². The summed E-state index contributed by atoms with van der Waals surface area (Å²) in [7, 11) is 1.36. The number of nitrogens with zero attached hydrogens (tertiary/aromatic N) is 1. The zero-order valence-electron chi connectivity index (χ0n) is 14.1. The fraction of sp³-hybridized carbons (Fsp3) is 0.176. The first kappa shape index (κ1) is 18.0. The molecule has 0 fully saturated rings. The van der Waals surface area contributed by atoms with Crippen LogP contribution in [-0.4, -0.2) is 37.3 Å². The summed E-state index contributed by atoms with van der Waals surface area (Å²) >= 11 is 0. The topological polar surface area (TPSA) is 126 Å². The van der Waals surface area contributed by atoms with E-state index in [0.29, 0.717) is 11.5 Å². The van der Waals surface area contributed by atoms with E-state index in [0.717, 1.165) is 6.07 Å². The van der Waals surface area contributed by atoms with Crippen molar-refractivity contribution in [2.24, 2.45) is 0 Å². The minimum Gasteiger partial charge on any atom is -0.495 e. The molecule has 2 aromatic carbocycles. The number of methoxy groups -OCH3 is 1. The van der Waals surface area contributed by atoms with Crippen molar-refractivity contribution in [3.63, 3.8) is 0 Å². The largest absolute Gasteiger partial charge is 0.495 e. The highest BCUT2D eigenvalue weighted by Gasteiger charge is 2.18. The standard InChI is InChI=1S/C17H14N2O8/c1-24-13-5-3-11(19(22)23)7-12(13)18-16(20)8-25-17(21)10-2-4-14-15(6-10)27-9-26-14/h2-7H,8-9H2,1H3,(H,18,20). The molecule has 0 bridgehead atoms. The minimum absolute atomic E-state index is 0.0707. The smallest absolute Gasteiger partial charge is 0.338 e. The van der Waals surface area contributed by atoms with E-state index in [9.17, 15) is 19.7 Å². The molecule has 0 aliphatic carbocycles. The van der Waals surface area contributed by atoms with Gasteiger partial charge >= 0.3 is 5.97 Å². The molecule has 1 aliphatic rings. The minimum atomic E-state index is -0.727. The van der Waals surface area contributed by atoms with Crippen molar-refractivity contribution in [2.45, 2.75) is 0 Å². The molecule has 2 aromatic rings. The fourth-order valence-corrected chi connectivity index (χ4v) is 2.33. The Balaban J connectivity index is 1.62. The van der Waals surface area contributed by atoms with Gasteiger partial charge in [-0.15, -0.1) is 0 Å². The second-order valence-electron chi connectivity index (χ2n) is 5.33. The van der Waals surface area contributed by atoms with Crippen molar-refractivity contribution < 1.29 is 33.5 Å². The van der Waals surface area contributed by atoms with Gasteiger partial charge in [0.15, 0.2) is 18.1 Å². The Kier molecular flexibility index (Phi) is 5.06. The van der Waals surface area contributed by atoms with Crippen molar-refractivity contribution in [2.75, 3.05) is 25.8 Å². The predicted octanol–water partition coefficient (Wildman–Crippen LogP) is 2.13. The van der Waals surface area contributed by atoms with E-state index >= 15 is 0 Å². The Morgan fingerprint density at radius 3 is 2.70 bits per heavy atom. The number of nitro groups is 1. The summed E-state index contributed by atoms with van der Waals surface area (Å²) in [4.78, 5) is 34.3. The Morgan fingerprint density at radius 1 is 1.19 bits per heavy atom. The number of rotatable bonds is 6. The average molecular weight is 374 g/mol. The first-order valence-corrected chi connectivity index (χ1v) is 7.67. The number of benzene rings is 2. The number of hydrogen-bond acceptors (Lipinski definition) is 8. The number of nitro benzene ring substituents is 1. The van der Waals surface area contributed by atoms with Crippen LogP contribution in [-0.2, 0) is 9.53 Å². The van der Waals surface area contributed by atoms with Crippen LogP contribution in [0.5, 0.6) is 17.2 Å². The maximum Gasteiger partial charge on any atom is 0.338 e. The lowest BCUT2D eigenvalue weighted by molar-refractivity contribution is -0.384. The third-order valence-corrected chi connectivity index (χ3v) is 3.61. The molecular weight excluding hydrogens is 360 g/mol. The second-order valence-corrected chi connectivity index (χ2v) is 5.33. The summed E-state index contributed by atoms with van der Waals surface area (Å²) in [5.74, 6) is -0.245. The number of esters is 1. The first-order chi connectivity index (χ1) is 13.0. The van der Waals surface area contributed by atoms with E-state index in [4.69, 9.17) is 18.9 Å². The molecule has 0 spiro atoms. The van der Waals surface area contributed by atoms with Gasteiger partial charge in [-0.3, -0.25) is 14.9 Å². The quantitative estimate of drug-likeness (QED) is 0.463.